The number of hydrogen-bond acceptors (Lipinski definition) is 1. The third-order valence-electron chi connectivity index (χ3n) is 2.03. The van der Waals surface area contributed by atoms with Crippen molar-refractivity contribution in [1.82, 2.24) is 5.32 Å². The number of rotatable bonds is 2. The quantitative estimate of drug-likeness (QED) is 0.791. The van der Waals surface area contributed by atoms with Crippen molar-refractivity contribution in [3.05, 3.63) is 46.7 Å². The molecule has 3 heteroatoms. The summed E-state index contributed by atoms with van der Waals surface area (Å²) in [6.45, 7) is 6.94. The first-order valence-corrected chi connectivity index (χ1v) is 4.93. The molecule has 0 saturated heterocycles. The zero-order valence-electron chi connectivity index (χ0n) is 9.38. The molecule has 0 bridgehead atoms. The Hall–Kier alpha value is -1.90. The average molecular weight is 219 g/mol. The van der Waals surface area contributed by atoms with Crippen molar-refractivity contribution in [3.8, 4) is 0 Å². The Morgan fingerprint density at radius 3 is 2.69 bits per heavy atom. The third-order valence-corrected chi connectivity index (χ3v) is 2.03. The molecule has 0 heterocycles. The van der Waals surface area contributed by atoms with Crippen molar-refractivity contribution < 1.29 is 9.18 Å². The lowest BCUT2D eigenvalue weighted by Gasteiger charge is -1.99. The maximum atomic E-state index is 13.0. The minimum atomic E-state index is -0.313. The molecule has 0 radical (unpaired) electrons. The van der Waals surface area contributed by atoms with Gasteiger partial charge in [-0.05, 0) is 35.6 Å². The van der Waals surface area contributed by atoms with Crippen molar-refractivity contribution in [2.24, 2.45) is 0 Å². The van der Waals surface area contributed by atoms with Crippen LogP contribution in [0.25, 0.3) is 12.2 Å². The van der Waals surface area contributed by atoms with Gasteiger partial charge in [-0.2, -0.15) is 0 Å². The lowest BCUT2D eigenvalue weighted by Crippen LogP contribution is -2.27. The molecule has 0 fully saturated rings. The molecule has 0 atom stereocenters. The Morgan fingerprint density at radius 1 is 1.44 bits per heavy atom. The van der Waals surface area contributed by atoms with Gasteiger partial charge in [-0.1, -0.05) is 18.7 Å². The van der Waals surface area contributed by atoms with Crippen LogP contribution in [0, 0.1) is 5.82 Å². The van der Waals surface area contributed by atoms with Gasteiger partial charge in [0.25, 0.3) is 0 Å². The Balaban J connectivity index is 3.21. The summed E-state index contributed by atoms with van der Waals surface area (Å²) in [7, 11) is 0. The van der Waals surface area contributed by atoms with E-state index in [1.54, 1.807) is 12.1 Å². The summed E-state index contributed by atoms with van der Waals surface area (Å²) in [5.74, 6) is -0.507. The number of allylic oxidation sites excluding steroid dienone is 1. The summed E-state index contributed by atoms with van der Waals surface area (Å²) in [5.41, 5.74) is 0.446. The smallest absolute Gasteiger partial charge is 0.221 e. The van der Waals surface area contributed by atoms with Crippen LogP contribution in [-0.4, -0.2) is 5.91 Å². The monoisotopic (exact) mass is 219 g/mol. The summed E-state index contributed by atoms with van der Waals surface area (Å²) in [4.78, 5) is 10.8. The SMILES string of the molecule is C=C(/C=c1/cc(F)cc/c1=C/C)NC(C)=O. The number of halogens is 1. The summed E-state index contributed by atoms with van der Waals surface area (Å²) in [5, 5.41) is 4.13. The molecule has 16 heavy (non-hydrogen) atoms. The normalized spacial score (nSPS) is 12.7. The molecule has 0 aliphatic rings. The zero-order chi connectivity index (χ0) is 12.1. The molecular formula is C13H14FNO. The maximum absolute atomic E-state index is 13.0. The highest BCUT2D eigenvalue weighted by atomic mass is 19.1. The number of benzene rings is 1. The molecule has 1 aromatic carbocycles. The second-order valence-corrected chi connectivity index (χ2v) is 3.41. The molecule has 0 saturated carbocycles. The van der Waals surface area contributed by atoms with Crippen LogP contribution in [0.5, 0.6) is 0 Å². The molecule has 0 unspecified atom stereocenters. The lowest BCUT2D eigenvalue weighted by atomic mass is 10.2. The van der Waals surface area contributed by atoms with E-state index < -0.39 is 0 Å². The van der Waals surface area contributed by atoms with Crippen molar-refractivity contribution in [2.45, 2.75) is 13.8 Å². The fourth-order valence-corrected chi connectivity index (χ4v) is 1.38. The van der Waals surface area contributed by atoms with Crippen molar-refractivity contribution >= 4 is 18.1 Å². The first-order chi connectivity index (χ1) is 7.52. The largest absolute Gasteiger partial charge is 0.327 e. The van der Waals surface area contributed by atoms with Crippen molar-refractivity contribution in [1.29, 1.82) is 0 Å². The minimum absolute atomic E-state index is 0.195. The molecule has 0 spiro atoms. The van der Waals surface area contributed by atoms with Crippen LogP contribution < -0.4 is 15.8 Å². The van der Waals surface area contributed by atoms with E-state index in [9.17, 15) is 9.18 Å². The van der Waals surface area contributed by atoms with Gasteiger partial charge >= 0.3 is 0 Å². The van der Waals surface area contributed by atoms with Gasteiger partial charge in [-0.15, -0.1) is 0 Å². The van der Waals surface area contributed by atoms with Crippen LogP contribution in [0.1, 0.15) is 13.8 Å². The van der Waals surface area contributed by atoms with Crippen LogP contribution in [0.2, 0.25) is 0 Å². The van der Waals surface area contributed by atoms with Crippen molar-refractivity contribution in [3.63, 3.8) is 0 Å². The maximum Gasteiger partial charge on any atom is 0.221 e. The van der Waals surface area contributed by atoms with Crippen LogP contribution in [-0.2, 0) is 4.79 Å². The Kier molecular flexibility index (Phi) is 4.00. The second-order valence-electron chi connectivity index (χ2n) is 3.41. The van der Waals surface area contributed by atoms with E-state index in [2.05, 4.69) is 11.9 Å². The minimum Gasteiger partial charge on any atom is -0.327 e. The summed E-state index contributed by atoms with van der Waals surface area (Å²) in [6.07, 6.45) is 3.51. The number of carbonyl (C=O) groups excluding carboxylic acids is 1. The third kappa shape index (κ3) is 3.35. The molecule has 1 amide bonds. The molecule has 1 aromatic rings. The molecular weight excluding hydrogens is 205 g/mol. The van der Waals surface area contributed by atoms with E-state index in [1.165, 1.54) is 19.1 Å². The van der Waals surface area contributed by atoms with Crippen LogP contribution in [0.3, 0.4) is 0 Å². The molecule has 1 rings (SSSR count). The van der Waals surface area contributed by atoms with Gasteiger partial charge in [0.1, 0.15) is 5.82 Å². The predicted octanol–water partition coefficient (Wildman–Crippen LogP) is 1.06. The van der Waals surface area contributed by atoms with Crippen LogP contribution in [0.4, 0.5) is 4.39 Å². The van der Waals surface area contributed by atoms with Crippen LogP contribution >= 0.6 is 0 Å². The fourth-order valence-electron chi connectivity index (χ4n) is 1.38. The Morgan fingerprint density at radius 2 is 2.12 bits per heavy atom. The Bertz CT molecular complexity index is 531. The molecule has 0 aliphatic heterocycles. The van der Waals surface area contributed by atoms with Gasteiger partial charge < -0.3 is 5.32 Å². The number of hydrogen-bond donors (Lipinski definition) is 1. The van der Waals surface area contributed by atoms with Crippen molar-refractivity contribution in [2.75, 3.05) is 0 Å². The topological polar surface area (TPSA) is 29.1 Å². The average Bonchev–Trinajstić information content (AvgIpc) is 2.16. The van der Waals surface area contributed by atoms with Gasteiger partial charge in [0.2, 0.25) is 5.91 Å². The van der Waals surface area contributed by atoms with Gasteiger partial charge in [0.15, 0.2) is 0 Å². The highest BCUT2D eigenvalue weighted by Crippen LogP contribution is 1.89. The van der Waals surface area contributed by atoms with E-state index in [0.29, 0.717) is 10.9 Å². The van der Waals surface area contributed by atoms with Gasteiger partial charge in [0.05, 0.1) is 0 Å². The van der Waals surface area contributed by atoms with E-state index >= 15 is 0 Å². The summed E-state index contributed by atoms with van der Waals surface area (Å²) < 4.78 is 13.0. The zero-order valence-corrected chi connectivity index (χ0v) is 9.38. The standard InChI is InChI=1S/C13H14FNO/c1-4-11-5-6-13(14)8-12(11)7-9(2)15-10(3)16/h4-8H,2H2,1,3H3,(H,15,16)/b11-4-,12-7-. The molecule has 1 N–H and O–H groups in total. The van der Waals surface area contributed by atoms with E-state index in [4.69, 9.17) is 0 Å². The summed E-state index contributed by atoms with van der Waals surface area (Å²) in [6, 6.07) is 4.48. The lowest BCUT2D eigenvalue weighted by molar-refractivity contribution is -0.118. The van der Waals surface area contributed by atoms with Gasteiger partial charge in [0, 0.05) is 12.6 Å². The number of nitrogens with one attached hydrogen (secondary N) is 1. The first-order valence-electron chi connectivity index (χ1n) is 4.93. The fraction of sp³-hybridized carbons (Fsp3) is 0.154. The number of amides is 1. The Labute approximate surface area is 93.8 Å². The predicted molar refractivity (Wildman–Crippen MR) is 63.2 cm³/mol. The van der Waals surface area contributed by atoms with E-state index in [1.807, 2.05) is 13.0 Å². The van der Waals surface area contributed by atoms with Gasteiger partial charge in [-0.3, -0.25) is 4.79 Å². The molecule has 0 aliphatic carbocycles. The van der Waals surface area contributed by atoms with E-state index in [0.717, 1.165) is 5.22 Å². The molecule has 0 aromatic heterocycles. The van der Waals surface area contributed by atoms with Gasteiger partial charge in [-0.25, -0.2) is 4.39 Å². The van der Waals surface area contributed by atoms with Crippen LogP contribution in [0.15, 0.2) is 30.5 Å². The summed E-state index contributed by atoms with van der Waals surface area (Å²) >= 11 is 0. The highest BCUT2D eigenvalue weighted by molar-refractivity contribution is 5.77. The second kappa shape index (κ2) is 5.26. The molecule has 2 nitrogen and oxygen atoms in total. The highest BCUT2D eigenvalue weighted by Gasteiger charge is 1.94. The first kappa shape index (κ1) is 12.2. The number of carbonyl (C=O) groups is 1. The molecule has 84 valence electrons. The van der Waals surface area contributed by atoms with E-state index in [-0.39, 0.29) is 11.7 Å².